The molecule has 0 aromatic carbocycles. The monoisotopic (exact) mass is 165 g/mol. The van der Waals surface area contributed by atoms with Crippen LogP contribution < -0.4 is 0 Å². The molecule has 1 aromatic rings. The summed E-state index contributed by atoms with van der Waals surface area (Å²) in [5, 5.41) is 3.76. The van der Waals surface area contributed by atoms with Crippen molar-refractivity contribution in [2.24, 2.45) is 0 Å². The van der Waals surface area contributed by atoms with E-state index < -0.39 is 0 Å². The summed E-state index contributed by atoms with van der Waals surface area (Å²) in [6.07, 6.45) is 3.23. The van der Waals surface area contributed by atoms with Gasteiger partial charge in [0.1, 0.15) is 5.76 Å². The fourth-order valence-electron chi connectivity index (χ4n) is 0.929. The maximum atomic E-state index is 10.6. The zero-order valence-corrected chi connectivity index (χ0v) is 7.42. The third kappa shape index (κ3) is 1.81. The number of rotatable bonds is 2. The number of hydrogen-bond donors (Lipinski definition) is 0. The molecule has 1 aromatic heterocycles. The van der Waals surface area contributed by atoms with E-state index in [0.29, 0.717) is 0 Å². The Hall–Kier alpha value is -1.38. The van der Waals surface area contributed by atoms with Gasteiger partial charge in [0, 0.05) is 5.56 Å². The fraction of sp³-hybridized carbons (Fsp3) is 0.333. The van der Waals surface area contributed by atoms with Crippen LogP contribution >= 0.6 is 0 Å². The molecule has 0 N–H and O–H groups in total. The molecule has 0 aliphatic carbocycles. The van der Waals surface area contributed by atoms with Gasteiger partial charge in [-0.15, -0.1) is 0 Å². The Morgan fingerprint density at radius 1 is 1.50 bits per heavy atom. The number of hydrogen-bond acceptors (Lipinski definition) is 3. The minimum Gasteiger partial charge on any atom is -0.361 e. The number of carbonyl (C=O) groups is 1. The van der Waals surface area contributed by atoms with E-state index in [-0.39, 0.29) is 5.78 Å². The van der Waals surface area contributed by atoms with Crippen molar-refractivity contribution in [1.29, 1.82) is 0 Å². The molecule has 1 rings (SSSR count). The average Bonchev–Trinajstić information content (AvgIpc) is 2.28. The molecule has 1 heterocycles. The van der Waals surface area contributed by atoms with Crippen molar-refractivity contribution in [2.75, 3.05) is 0 Å². The highest BCUT2D eigenvalue weighted by atomic mass is 16.5. The Balaban J connectivity index is 2.95. The van der Waals surface area contributed by atoms with Crippen molar-refractivity contribution in [3.63, 3.8) is 0 Å². The molecule has 0 amide bonds. The quantitative estimate of drug-likeness (QED) is 0.628. The van der Waals surface area contributed by atoms with Gasteiger partial charge in [-0.25, -0.2) is 0 Å². The van der Waals surface area contributed by atoms with Crippen molar-refractivity contribution < 1.29 is 9.32 Å². The standard InChI is InChI=1S/C9H11NO2/c1-6(11)4-5-9-7(2)10-12-8(9)3/h4-5H,1-3H3. The molecule has 0 bridgehead atoms. The van der Waals surface area contributed by atoms with Crippen LogP contribution in [0.5, 0.6) is 0 Å². The lowest BCUT2D eigenvalue weighted by Crippen LogP contribution is -1.82. The van der Waals surface area contributed by atoms with E-state index in [1.807, 2.05) is 13.8 Å². The third-order valence-corrected chi connectivity index (χ3v) is 1.57. The third-order valence-electron chi connectivity index (χ3n) is 1.57. The Morgan fingerprint density at radius 3 is 2.58 bits per heavy atom. The normalized spacial score (nSPS) is 10.9. The lowest BCUT2D eigenvalue weighted by atomic mass is 10.2. The van der Waals surface area contributed by atoms with Crippen molar-refractivity contribution in [3.8, 4) is 0 Å². The first-order valence-corrected chi connectivity index (χ1v) is 3.73. The zero-order chi connectivity index (χ0) is 9.14. The number of aromatic nitrogens is 1. The van der Waals surface area contributed by atoms with E-state index >= 15 is 0 Å². The van der Waals surface area contributed by atoms with E-state index in [1.54, 1.807) is 6.08 Å². The van der Waals surface area contributed by atoms with E-state index in [9.17, 15) is 4.79 Å². The molecular weight excluding hydrogens is 154 g/mol. The van der Waals surface area contributed by atoms with Gasteiger partial charge in [0.2, 0.25) is 0 Å². The van der Waals surface area contributed by atoms with Crippen molar-refractivity contribution in [1.82, 2.24) is 5.16 Å². The molecule has 0 aliphatic rings. The van der Waals surface area contributed by atoms with Gasteiger partial charge in [-0.3, -0.25) is 4.79 Å². The van der Waals surface area contributed by atoms with Crippen LogP contribution in [0.1, 0.15) is 23.9 Å². The molecule has 64 valence electrons. The van der Waals surface area contributed by atoms with Gasteiger partial charge in [0.15, 0.2) is 5.78 Å². The SMILES string of the molecule is CC(=O)C=Cc1c(C)noc1C. The van der Waals surface area contributed by atoms with Gasteiger partial charge in [-0.2, -0.15) is 0 Å². The second-order valence-electron chi connectivity index (χ2n) is 2.68. The van der Waals surface area contributed by atoms with Crippen LogP contribution in [0.15, 0.2) is 10.6 Å². The summed E-state index contributed by atoms with van der Waals surface area (Å²) >= 11 is 0. The van der Waals surface area contributed by atoms with Crippen LogP contribution in [-0.2, 0) is 4.79 Å². The summed E-state index contributed by atoms with van der Waals surface area (Å²) in [6.45, 7) is 5.17. The molecule has 0 fully saturated rings. The fourth-order valence-corrected chi connectivity index (χ4v) is 0.929. The molecule has 0 saturated carbocycles. The number of allylic oxidation sites excluding steroid dienone is 1. The van der Waals surface area contributed by atoms with Gasteiger partial charge < -0.3 is 4.52 Å². The molecule has 3 heteroatoms. The second kappa shape index (κ2) is 3.34. The summed E-state index contributed by atoms with van der Waals surface area (Å²) in [5.74, 6) is 0.764. The summed E-state index contributed by atoms with van der Waals surface area (Å²) < 4.78 is 4.92. The summed E-state index contributed by atoms with van der Waals surface area (Å²) in [4.78, 5) is 10.6. The molecule has 0 atom stereocenters. The molecule has 0 unspecified atom stereocenters. The van der Waals surface area contributed by atoms with E-state index in [4.69, 9.17) is 4.52 Å². The summed E-state index contributed by atoms with van der Waals surface area (Å²) in [5.41, 5.74) is 1.70. The van der Waals surface area contributed by atoms with E-state index in [2.05, 4.69) is 5.16 Å². The molecule has 12 heavy (non-hydrogen) atoms. The van der Waals surface area contributed by atoms with Gasteiger partial charge in [-0.05, 0) is 32.9 Å². The zero-order valence-electron chi connectivity index (χ0n) is 7.42. The van der Waals surface area contributed by atoms with Crippen LogP contribution in [0.3, 0.4) is 0 Å². The van der Waals surface area contributed by atoms with E-state index in [1.165, 1.54) is 13.0 Å². The van der Waals surface area contributed by atoms with Crippen LogP contribution in [0.4, 0.5) is 0 Å². The van der Waals surface area contributed by atoms with Crippen molar-refractivity contribution >= 4 is 11.9 Å². The Kier molecular flexibility index (Phi) is 2.43. The maximum Gasteiger partial charge on any atom is 0.152 e. The molecular formula is C9H11NO2. The van der Waals surface area contributed by atoms with Gasteiger partial charge in [-0.1, -0.05) is 5.16 Å². The molecule has 0 aliphatic heterocycles. The number of aryl methyl sites for hydroxylation is 2. The smallest absolute Gasteiger partial charge is 0.152 e. The van der Waals surface area contributed by atoms with Gasteiger partial charge >= 0.3 is 0 Å². The first kappa shape index (κ1) is 8.71. The highest BCUT2D eigenvalue weighted by Crippen LogP contribution is 2.13. The molecule has 0 saturated heterocycles. The van der Waals surface area contributed by atoms with Crippen LogP contribution in [0, 0.1) is 13.8 Å². The Morgan fingerprint density at radius 2 is 2.17 bits per heavy atom. The van der Waals surface area contributed by atoms with Gasteiger partial charge in [0.25, 0.3) is 0 Å². The lowest BCUT2D eigenvalue weighted by Gasteiger charge is -1.86. The number of nitrogens with zero attached hydrogens (tertiary/aromatic N) is 1. The Bertz CT molecular complexity index is 304. The minimum atomic E-state index is 0.0231. The van der Waals surface area contributed by atoms with Crippen LogP contribution in [0.2, 0.25) is 0 Å². The van der Waals surface area contributed by atoms with Crippen LogP contribution in [-0.4, -0.2) is 10.9 Å². The topological polar surface area (TPSA) is 43.1 Å². The summed E-state index contributed by atoms with van der Waals surface area (Å²) in [7, 11) is 0. The van der Waals surface area contributed by atoms with Crippen LogP contribution in [0.25, 0.3) is 6.08 Å². The minimum absolute atomic E-state index is 0.0231. The van der Waals surface area contributed by atoms with Crippen molar-refractivity contribution in [2.45, 2.75) is 20.8 Å². The van der Waals surface area contributed by atoms with Gasteiger partial charge in [0.05, 0.1) is 5.69 Å². The maximum absolute atomic E-state index is 10.6. The largest absolute Gasteiger partial charge is 0.361 e. The number of carbonyl (C=O) groups excluding carboxylic acids is 1. The molecule has 0 spiro atoms. The lowest BCUT2D eigenvalue weighted by molar-refractivity contribution is -0.112. The number of ketones is 1. The van der Waals surface area contributed by atoms with E-state index in [0.717, 1.165) is 17.0 Å². The first-order valence-electron chi connectivity index (χ1n) is 3.73. The predicted octanol–water partition coefficient (Wildman–Crippen LogP) is 1.89. The predicted molar refractivity (Wildman–Crippen MR) is 45.7 cm³/mol. The first-order chi connectivity index (χ1) is 5.61. The molecule has 3 nitrogen and oxygen atoms in total. The van der Waals surface area contributed by atoms with Crippen molar-refractivity contribution in [3.05, 3.63) is 23.1 Å². The second-order valence-corrected chi connectivity index (χ2v) is 2.68. The molecule has 0 radical (unpaired) electrons. The highest BCUT2D eigenvalue weighted by Gasteiger charge is 2.04. The Labute approximate surface area is 71.1 Å². The highest BCUT2D eigenvalue weighted by molar-refractivity contribution is 5.91. The summed E-state index contributed by atoms with van der Waals surface area (Å²) in [6, 6.07) is 0. The average molecular weight is 165 g/mol.